The Morgan fingerprint density at radius 2 is 2.40 bits per heavy atom. The lowest BCUT2D eigenvalue weighted by molar-refractivity contribution is -0.383. The average Bonchev–Trinajstić information content (AvgIpc) is 1.88. The van der Waals surface area contributed by atoms with Crippen molar-refractivity contribution in [2.24, 2.45) is 0 Å². The van der Waals surface area contributed by atoms with Gasteiger partial charge in [-0.15, -0.1) is 0 Å². The topological polar surface area (TPSA) is 51.4 Å². The maximum Gasteiger partial charge on any atom is 0.401 e. The molecule has 1 aromatic heterocycles. The number of carboxylic acids is 1. The number of aromatic carboxylic acids is 1. The van der Waals surface area contributed by atoms with Crippen LogP contribution in [0.2, 0.25) is 5.02 Å². The van der Waals surface area contributed by atoms with Crippen LogP contribution in [0.15, 0.2) is 18.3 Å². The van der Waals surface area contributed by atoms with E-state index in [2.05, 4.69) is 4.98 Å². The predicted molar refractivity (Wildman–Crippen MR) is 35.0 cm³/mol. The van der Waals surface area contributed by atoms with Crippen molar-refractivity contribution >= 4 is 17.6 Å². The van der Waals surface area contributed by atoms with Gasteiger partial charge in [0, 0.05) is 12.1 Å². The first-order chi connectivity index (χ1) is 4.70. The SMILES string of the molecule is O=C(O)c1cc(Cl)cc[nH+]1. The number of carboxylic acid groups (broad SMARTS) is 1. The van der Waals surface area contributed by atoms with E-state index in [1.807, 2.05) is 0 Å². The van der Waals surface area contributed by atoms with Gasteiger partial charge in [-0.1, -0.05) is 11.6 Å². The second kappa shape index (κ2) is 2.66. The van der Waals surface area contributed by atoms with Gasteiger partial charge >= 0.3 is 5.97 Å². The van der Waals surface area contributed by atoms with Gasteiger partial charge in [0.2, 0.25) is 0 Å². The van der Waals surface area contributed by atoms with Crippen LogP contribution in [0.25, 0.3) is 0 Å². The predicted octanol–water partition coefficient (Wildman–Crippen LogP) is 0.852. The standard InChI is InChI=1S/C6H4ClNO2/c7-4-1-2-8-5(3-4)6(9)10/h1-3H,(H,9,10)/p+1. The summed E-state index contributed by atoms with van der Waals surface area (Å²) in [6.07, 6.45) is 1.48. The van der Waals surface area contributed by atoms with Gasteiger partial charge in [-0.25, -0.2) is 9.78 Å². The molecule has 0 atom stereocenters. The van der Waals surface area contributed by atoms with Crippen LogP contribution in [-0.4, -0.2) is 11.1 Å². The lowest BCUT2D eigenvalue weighted by Gasteiger charge is -1.85. The number of rotatable bonds is 1. The highest BCUT2D eigenvalue weighted by Gasteiger charge is 2.09. The number of hydrogen-bond acceptors (Lipinski definition) is 1. The van der Waals surface area contributed by atoms with Gasteiger partial charge in [0.15, 0.2) is 6.20 Å². The molecule has 2 N–H and O–H groups in total. The molecular formula is C6H5ClNO2+. The van der Waals surface area contributed by atoms with Gasteiger partial charge in [0.05, 0.1) is 5.02 Å². The molecule has 3 nitrogen and oxygen atoms in total. The maximum atomic E-state index is 10.3. The summed E-state index contributed by atoms with van der Waals surface area (Å²) in [6, 6.07) is 2.93. The summed E-state index contributed by atoms with van der Waals surface area (Å²) in [5, 5.41) is 8.83. The highest BCUT2D eigenvalue weighted by Crippen LogP contribution is 2.04. The summed E-state index contributed by atoms with van der Waals surface area (Å²) >= 11 is 5.51. The van der Waals surface area contributed by atoms with Crippen LogP contribution in [0, 0.1) is 0 Å². The van der Waals surface area contributed by atoms with Gasteiger partial charge in [0.25, 0.3) is 5.69 Å². The molecule has 0 aliphatic carbocycles. The van der Waals surface area contributed by atoms with Crippen molar-refractivity contribution in [3.63, 3.8) is 0 Å². The quantitative estimate of drug-likeness (QED) is 0.659. The van der Waals surface area contributed by atoms with E-state index in [4.69, 9.17) is 16.7 Å². The fourth-order valence-electron chi connectivity index (χ4n) is 0.562. The van der Waals surface area contributed by atoms with Crippen LogP contribution in [-0.2, 0) is 0 Å². The highest BCUT2D eigenvalue weighted by atomic mass is 35.5. The zero-order valence-corrected chi connectivity index (χ0v) is 5.72. The van der Waals surface area contributed by atoms with E-state index in [-0.39, 0.29) is 5.69 Å². The number of hydrogen-bond donors (Lipinski definition) is 1. The van der Waals surface area contributed by atoms with Crippen LogP contribution >= 0.6 is 11.6 Å². The van der Waals surface area contributed by atoms with E-state index < -0.39 is 5.97 Å². The minimum Gasteiger partial charge on any atom is -0.473 e. The Balaban J connectivity index is 3.07. The summed E-state index contributed by atoms with van der Waals surface area (Å²) in [6.45, 7) is 0. The van der Waals surface area contributed by atoms with Crippen molar-refractivity contribution in [1.29, 1.82) is 0 Å². The molecule has 0 fully saturated rings. The first-order valence-electron chi connectivity index (χ1n) is 2.60. The molecule has 1 rings (SSSR count). The van der Waals surface area contributed by atoms with E-state index in [1.54, 1.807) is 6.07 Å². The number of nitrogens with one attached hydrogen (secondary N) is 1. The molecule has 0 amide bonds. The summed E-state index contributed by atoms with van der Waals surface area (Å²) in [7, 11) is 0. The second-order valence-electron chi connectivity index (χ2n) is 1.73. The molecule has 0 bridgehead atoms. The first-order valence-corrected chi connectivity index (χ1v) is 2.98. The normalized spacial score (nSPS) is 9.30. The maximum absolute atomic E-state index is 10.3. The molecule has 0 aliphatic heterocycles. The third kappa shape index (κ3) is 1.45. The number of halogens is 1. The largest absolute Gasteiger partial charge is 0.473 e. The van der Waals surface area contributed by atoms with Crippen LogP contribution in [0.3, 0.4) is 0 Å². The second-order valence-corrected chi connectivity index (χ2v) is 2.16. The molecule has 0 radical (unpaired) electrons. The molecule has 0 unspecified atom stereocenters. The molecule has 52 valence electrons. The van der Waals surface area contributed by atoms with Crippen molar-refractivity contribution in [2.75, 3.05) is 0 Å². The molecule has 0 saturated heterocycles. The molecule has 0 spiro atoms. The van der Waals surface area contributed by atoms with Crippen LogP contribution in [0.1, 0.15) is 10.5 Å². The Morgan fingerprint density at radius 1 is 1.70 bits per heavy atom. The lowest BCUT2D eigenvalue weighted by atomic mass is 10.4. The fourth-order valence-corrected chi connectivity index (χ4v) is 0.734. The van der Waals surface area contributed by atoms with Gasteiger partial charge in [-0.3, -0.25) is 0 Å². The van der Waals surface area contributed by atoms with Crippen molar-refractivity contribution in [1.82, 2.24) is 0 Å². The Labute approximate surface area is 62.3 Å². The molecule has 0 saturated carbocycles. The zero-order valence-electron chi connectivity index (χ0n) is 4.97. The molecule has 1 aromatic rings. The van der Waals surface area contributed by atoms with Gasteiger partial charge in [-0.05, 0) is 0 Å². The monoisotopic (exact) mass is 158 g/mol. The van der Waals surface area contributed by atoms with Gasteiger partial charge in [-0.2, -0.15) is 0 Å². The third-order valence-electron chi connectivity index (χ3n) is 0.994. The lowest BCUT2D eigenvalue weighted by Crippen LogP contribution is -2.14. The Kier molecular flexibility index (Phi) is 1.87. The highest BCUT2D eigenvalue weighted by molar-refractivity contribution is 6.30. The number of aromatic nitrogens is 1. The van der Waals surface area contributed by atoms with Crippen LogP contribution in [0.4, 0.5) is 0 Å². The van der Waals surface area contributed by atoms with Crippen molar-refractivity contribution in [3.8, 4) is 0 Å². The van der Waals surface area contributed by atoms with E-state index in [9.17, 15) is 4.79 Å². The summed E-state index contributed by atoms with van der Waals surface area (Å²) in [5.41, 5.74) is 0.0903. The minimum absolute atomic E-state index is 0.0903. The van der Waals surface area contributed by atoms with Crippen LogP contribution < -0.4 is 4.98 Å². The smallest absolute Gasteiger partial charge is 0.401 e. The van der Waals surface area contributed by atoms with Crippen molar-refractivity contribution in [2.45, 2.75) is 0 Å². The molecule has 0 aliphatic rings. The molecule has 1 heterocycles. The summed E-state index contributed by atoms with van der Waals surface area (Å²) in [4.78, 5) is 12.8. The van der Waals surface area contributed by atoms with Gasteiger partial charge < -0.3 is 5.11 Å². The van der Waals surface area contributed by atoms with E-state index in [0.29, 0.717) is 5.02 Å². The van der Waals surface area contributed by atoms with Gasteiger partial charge in [0.1, 0.15) is 0 Å². The zero-order chi connectivity index (χ0) is 7.56. The van der Waals surface area contributed by atoms with Crippen molar-refractivity contribution in [3.05, 3.63) is 29.0 Å². The Bertz CT molecular complexity index is 262. The molecule has 0 aromatic carbocycles. The number of aromatic amines is 1. The number of H-pyrrole nitrogens is 1. The number of carbonyl (C=O) groups is 1. The van der Waals surface area contributed by atoms with E-state index in [1.165, 1.54) is 12.3 Å². The number of pyridine rings is 1. The average molecular weight is 159 g/mol. The molecule has 4 heteroatoms. The Morgan fingerprint density at radius 3 is 2.80 bits per heavy atom. The minimum atomic E-state index is -1.01. The van der Waals surface area contributed by atoms with Crippen LogP contribution in [0.5, 0.6) is 0 Å². The third-order valence-corrected chi connectivity index (χ3v) is 1.23. The van der Waals surface area contributed by atoms with E-state index >= 15 is 0 Å². The van der Waals surface area contributed by atoms with Crippen molar-refractivity contribution < 1.29 is 14.9 Å². The fraction of sp³-hybridized carbons (Fsp3) is 0. The summed E-state index contributed by atoms with van der Waals surface area (Å²) < 4.78 is 0. The molecule has 10 heavy (non-hydrogen) atoms. The Hall–Kier alpha value is -1.09. The first kappa shape index (κ1) is 7.02. The van der Waals surface area contributed by atoms with E-state index in [0.717, 1.165) is 0 Å². The molecular weight excluding hydrogens is 154 g/mol. The summed E-state index contributed by atoms with van der Waals surface area (Å²) in [5.74, 6) is -1.01.